The summed E-state index contributed by atoms with van der Waals surface area (Å²) < 4.78 is 2.12. The molecule has 2 rings (SSSR count). The molecule has 0 bridgehead atoms. The summed E-state index contributed by atoms with van der Waals surface area (Å²) in [5.41, 5.74) is 0.661. The lowest BCUT2D eigenvalue weighted by Crippen LogP contribution is -2.02. The Hall–Kier alpha value is -0.380. The van der Waals surface area contributed by atoms with E-state index in [1.807, 2.05) is 0 Å². The minimum absolute atomic E-state index is 0.331. The van der Waals surface area contributed by atoms with E-state index in [-0.39, 0.29) is 0 Å². The van der Waals surface area contributed by atoms with Crippen molar-refractivity contribution in [3.8, 4) is 0 Å². The summed E-state index contributed by atoms with van der Waals surface area (Å²) in [5, 5.41) is 9.28. The zero-order chi connectivity index (χ0) is 11.4. The maximum atomic E-state index is 4.32. The third kappa shape index (κ3) is 1.30. The van der Waals surface area contributed by atoms with E-state index in [1.54, 1.807) is 0 Å². The maximum absolute atomic E-state index is 4.32. The zero-order valence-electron chi connectivity index (χ0n) is 10.0. The molecule has 0 aliphatic heterocycles. The summed E-state index contributed by atoms with van der Waals surface area (Å²) in [6, 6.07) is 0. The molecule has 1 aromatic heterocycles. The molecule has 0 N–H and O–H groups in total. The van der Waals surface area contributed by atoms with Crippen LogP contribution in [0.15, 0.2) is 0 Å². The maximum Gasteiger partial charge on any atom is 0.143 e. The van der Waals surface area contributed by atoms with Crippen LogP contribution in [0.4, 0.5) is 0 Å². The Balaban J connectivity index is 2.38. The van der Waals surface area contributed by atoms with Crippen molar-refractivity contribution in [2.75, 3.05) is 0 Å². The smallest absolute Gasteiger partial charge is 0.143 e. The van der Waals surface area contributed by atoms with Crippen molar-refractivity contribution in [2.45, 2.75) is 38.9 Å². The van der Waals surface area contributed by atoms with Crippen LogP contribution in [-0.4, -0.2) is 14.8 Å². The van der Waals surface area contributed by atoms with E-state index in [4.69, 9.17) is 0 Å². The second kappa shape index (κ2) is 3.06. The van der Waals surface area contributed by atoms with E-state index >= 15 is 0 Å². The molecule has 1 aromatic rings. The molecule has 15 heavy (non-hydrogen) atoms. The third-order valence-electron chi connectivity index (χ3n) is 4.40. The summed E-state index contributed by atoms with van der Waals surface area (Å²) >= 11 is 3.42. The van der Waals surface area contributed by atoms with E-state index in [0.717, 1.165) is 17.0 Å². The van der Waals surface area contributed by atoms with Gasteiger partial charge in [-0.15, -0.1) is 10.2 Å². The Morgan fingerprint density at radius 2 is 1.73 bits per heavy atom. The molecular formula is C11H18BrN3. The summed E-state index contributed by atoms with van der Waals surface area (Å²) in [7, 11) is 2.05. The van der Waals surface area contributed by atoms with Gasteiger partial charge in [0, 0.05) is 13.0 Å². The number of alkyl halides is 1. The number of rotatable bonds is 2. The van der Waals surface area contributed by atoms with Gasteiger partial charge in [0.05, 0.1) is 5.33 Å². The first-order valence-corrected chi connectivity index (χ1v) is 6.40. The fourth-order valence-electron chi connectivity index (χ4n) is 2.58. The van der Waals surface area contributed by atoms with Crippen LogP contribution in [0.3, 0.4) is 0 Å². The van der Waals surface area contributed by atoms with Crippen molar-refractivity contribution in [1.82, 2.24) is 14.8 Å². The minimum atomic E-state index is 0.331. The van der Waals surface area contributed by atoms with Crippen molar-refractivity contribution in [3.05, 3.63) is 11.6 Å². The first kappa shape index (κ1) is 11.1. The molecule has 0 unspecified atom stereocenters. The fraction of sp³-hybridized carbons (Fsp3) is 0.818. The second-order valence-electron chi connectivity index (χ2n) is 5.54. The first-order valence-electron chi connectivity index (χ1n) is 5.28. The van der Waals surface area contributed by atoms with Crippen LogP contribution in [0.25, 0.3) is 0 Å². The molecule has 84 valence electrons. The van der Waals surface area contributed by atoms with Gasteiger partial charge in [-0.25, -0.2) is 0 Å². The van der Waals surface area contributed by atoms with Crippen LogP contribution in [-0.2, 0) is 12.4 Å². The molecule has 0 saturated heterocycles. The minimum Gasteiger partial charge on any atom is -0.317 e. The number of nitrogens with zero attached hydrogens (tertiary/aromatic N) is 3. The number of aromatic nitrogens is 3. The number of hydrogen-bond acceptors (Lipinski definition) is 2. The fourth-order valence-corrected chi connectivity index (χ4v) is 3.07. The van der Waals surface area contributed by atoms with Crippen molar-refractivity contribution in [2.24, 2.45) is 17.9 Å². The lowest BCUT2D eigenvalue weighted by atomic mass is 10.0. The summed E-state index contributed by atoms with van der Waals surface area (Å²) in [4.78, 5) is 0. The van der Waals surface area contributed by atoms with Crippen LogP contribution >= 0.6 is 15.9 Å². The van der Waals surface area contributed by atoms with Gasteiger partial charge in [0.25, 0.3) is 0 Å². The molecule has 4 heteroatoms. The highest BCUT2D eigenvalue weighted by Gasteiger charge is 2.67. The van der Waals surface area contributed by atoms with Gasteiger partial charge in [0.2, 0.25) is 0 Å². The number of hydrogen-bond donors (Lipinski definition) is 0. The third-order valence-corrected chi connectivity index (χ3v) is 4.90. The highest BCUT2D eigenvalue weighted by Crippen LogP contribution is 2.73. The van der Waals surface area contributed by atoms with Crippen molar-refractivity contribution < 1.29 is 0 Å². The van der Waals surface area contributed by atoms with E-state index in [9.17, 15) is 0 Å². The Bertz CT molecular complexity index is 379. The molecule has 0 aromatic carbocycles. The Morgan fingerprint density at radius 3 is 2.07 bits per heavy atom. The van der Waals surface area contributed by atoms with Crippen molar-refractivity contribution in [3.63, 3.8) is 0 Å². The van der Waals surface area contributed by atoms with Gasteiger partial charge in [0.15, 0.2) is 0 Å². The van der Waals surface area contributed by atoms with Gasteiger partial charge in [-0.3, -0.25) is 0 Å². The predicted molar refractivity (Wildman–Crippen MR) is 63.9 cm³/mol. The van der Waals surface area contributed by atoms with Crippen LogP contribution in [0.2, 0.25) is 0 Å². The largest absolute Gasteiger partial charge is 0.317 e. The van der Waals surface area contributed by atoms with Crippen LogP contribution in [0.1, 0.15) is 45.3 Å². The monoisotopic (exact) mass is 271 g/mol. The molecule has 0 atom stereocenters. The first-order chi connectivity index (χ1) is 6.84. The predicted octanol–water partition coefficient (Wildman–Crippen LogP) is 2.86. The lowest BCUT2D eigenvalue weighted by Gasteiger charge is -2.03. The van der Waals surface area contributed by atoms with Gasteiger partial charge in [0.1, 0.15) is 11.6 Å². The zero-order valence-corrected chi connectivity index (χ0v) is 11.6. The van der Waals surface area contributed by atoms with E-state index in [1.165, 1.54) is 0 Å². The average Bonchev–Trinajstić information content (AvgIpc) is 2.45. The van der Waals surface area contributed by atoms with Crippen LogP contribution < -0.4 is 0 Å². The van der Waals surface area contributed by atoms with Gasteiger partial charge < -0.3 is 4.57 Å². The van der Waals surface area contributed by atoms with Crippen molar-refractivity contribution >= 4 is 15.9 Å². The molecule has 1 heterocycles. The molecule has 3 nitrogen and oxygen atoms in total. The van der Waals surface area contributed by atoms with Gasteiger partial charge in [-0.2, -0.15) is 0 Å². The average molecular weight is 272 g/mol. The van der Waals surface area contributed by atoms with Crippen molar-refractivity contribution in [1.29, 1.82) is 0 Å². The van der Waals surface area contributed by atoms with E-state index < -0.39 is 0 Å². The number of halogens is 1. The van der Waals surface area contributed by atoms with E-state index in [2.05, 4.69) is 65.4 Å². The summed E-state index contributed by atoms with van der Waals surface area (Å²) in [5.74, 6) is 2.65. The Morgan fingerprint density at radius 1 is 1.20 bits per heavy atom. The summed E-state index contributed by atoms with van der Waals surface area (Å²) in [6.45, 7) is 9.22. The molecule has 0 amide bonds. The van der Waals surface area contributed by atoms with Gasteiger partial charge >= 0.3 is 0 Å². The topological polar surface area (TPSA) is 30.7 Å². The van der Waals surface area contributed by atoms with Crippen LogP contribution in [0.5, 0.6) is 0 Å². The standard InChI is InChI=1S/C11H18BrN3/c1-10(2)8(11(10,3)4)9-14-13-7(6-12)15(9)5/h8H,6H2,1-5H3. The normalized spacial score (nSPS) is 23.1. The second-order valence-corrected chi connectivity index (χ2v) is 6.10. The molecule has 0 spiro atoms. The van der Waals surface area contributed by atoms with Crippen LogP contribution in [0, 0.1) is 10.8 Å². The molecular weight excluding hydrogens is 254 g/mol. The molecule has 1 saturated carbocycles. The van der Waals surface area contributed by atoms with E-state index in [0.29, 0.717) is 16.7 Å². The highest BCUT2D eigenvalue weighted by atomic mass is 79.9. The SMILES string of the molecule is Cn1c(CBr)nnc1C1C(C)(C)C1(C)C. The highest BCUT2D eigenvalue weighted by molar-refractivity contribution is 9.08. The van der Waals surface area contributed by atoms with Gasteiger partial charge in [-0.1, -0.05) is 43.6 Å². The quantitative estimate of drug-likeness (QED) is 0.775. The molecule has 1 aliphatic rings. The molecule has 1 aliphatic carbocycles. The molecule has 1 fully saturated rings. The Kier molecular flexibility index (Phi) is 2.27. The molecule has 0 radical (unpaired) electrons. The van der Waals surface area contributed by atoms with Gasteiger partial charge in [-0.05, 0) is 10.8 Å². The lowest BCUT2D eigenvalue weighted by molar-refractivity contribution is 0.457. The Labute approximate surface area is 99.4 Å². The summed E-state index contributed by atoms with van der Waals surface area (Å²) in [6.07, 6.45) is 0.